The molecule has 1 aliphatic rings. The van der Waals surface area contributed by atoms with E-state index in [1.54, 1.807) is 6.92 Å². The minimum Gasteiger partial charge on any atom is -0.481 e. The first kappa shape index (κ1) is 11.9. The van der Waals surface area contributed by atoms with E-state index in [-0.39, 0.29) is 12.8 Å². The van der Waals surface area contributed by atoms with Crippen LogP contribution in [0.2, 0.25) is 0 Å². The van der Waals surface area contributed by atoms with Crippen molar-refractivity contribution in [2.75, 3.05) is 0 Å². The van der Waals surface area contributed by atoms with Crippen LogP contribution in [0, 0.1) is 5.92 Å². The molecule has 1 saturated heterocycles. The first-order chi connectivity index (χ1) is 6.91. The van der Waals surface area contributed by atoms with Crippen molar-refractivity contribution >= 4 is 11.9 Å². The monoisotopic (exact) mass is 217 g/mol. The van der Waals surface area contributed by atoms with Gasteiger partial charge in [-0.15, -0.1) is 0 Å². The number of aliphatic carboxylic acids is 2. The second kappa shape index (κ2) is 4.59. The van der Waals surface area contributed by atoms with Gasteiger partial charge in [-0.1, -0.05) is 0 Å². The number of rotatable bonds is 4. The number of carboxylic acid groups (broad SMARTS) is 2. The summed E-state index contributed by atoms with van der Waals surface area (Å²) in [6.45, 7) is 1.55. The van der Waals surface area contributed by atoms with Gasteiger partial charge in [0.05, 0.1) is 12.0 Å². The highest BCUT2D eigenvalue weighted by Crippen LogP contribution is 2.24. The lowest BCUT2D eigenvalue weighted by atomic mass is 9.95. The molecule has 6 nitrogen and oxygen atoms in total. The molecule has 0 spiro atoms. The molecule has 0 bridgehead atoms. The van der Waals surface area contributed by atoms with Gasteiger partial charge in [-0.3, -0.25) is 9.59 Å². The summed E-state index contributed by atoms with van der Waals surface area (Å²) < 4.78 is 0. The summed E-state index contributed by atoms with van der Waals surface area (Å²) in [6.07, 6.45) is -0.320. The number of aliphatic hydroxyl groups excluding tert-OH is 1. The molecule has 6 heteroatoms. The third-order valence-corrected chi connectivity index (χ3v) is 2.60. The second-order valence-corrected chi connectivity index (χ2v) is 3.93. The molecule has 0 aromatic rings. The Morgan fingerprint density at radius 1 is 1.40 bits per heavy atom. The topological polar surface area (TPSA) is 107 Å². The Bertz CT molecular complexity index is 265. The number of carboxylic acids is 2. The second-order valence-electron chi connectivity index (χ2n) is 3.93. The number of nitrogens with one attached hydrogen (secondary N) is 1. The fourth-order valence-corrected chi connectivity index (χ4v) is 1.91. The van der Waals surface area contributed by atoms with E-state index in [0.717, 1.165) is 0 Å². The Morgan fingerprint density at radius 3 is 2.40 bits per heavy atom. The predicted octanol–water partition coefficient (Wildman–Crippen LogP) is -0.727. The summed E-state index contributed by atoms with van der Waals surface area (Å²) in [7, 11) is 0. The molecule has 86 valence electrons. The Labute approximate surface area is 86.9 Å². The van der Waals surface area contributed by atoms with Crippen molar-refractivity contribution in [2.45, 2.75) is 38.0 Å². The summed E-state index contributed by atoms with van der Waals surface area (Å²) in [5, 5.41) is 29.5. The fourth-order valence-electron chi connectivity index (χ4n) is 1.91. The Kier molecular flexibility index (Phi) is 3.65. The summed E-state index contributed by atoms with van der Waals surface area (Å²) in [5.74, 6) is -2.80. The molecule has 4 atom stereocenters. The third-order valence-electron chi connectivity index (χ3n) is 2.60. The van der Waals surface area contributed by atoms with Gasteiger partial charge < -0.3 is 20.6 Å². The van der Waals surface area contributed by atoms with Crippen LogP contribution in [0.25, 0.3) is 0 Å². The number of hydrogen-bond acceptors (Lipinski definition) is 4. The van der Waals surface area contributed by atoms with E-state index >= 15 is 0 Å². The molecular weight excluding hydrogens is 202 g/mol. The van der Waals surface area contributed by atoms with Gasteiger partial charge in [0.1, 0.15) is 6.04 Å². The maximum absolute atomic E-state index is 10.8. The van der Waals surface area contributed by atoms with Crippen LogP contribution in [0.1, 0.15) is 19.8 Å². The zero-order chi connectivity index (χ0) is 11.6. The van der Waals surface area contributed by atoms with Crippen molar-refractivity contribution in [1.82, 2.24) is 5.32 Å². The lowest BCUT2D eigenvalue weighted by Crippen LogP contribution is -2.38. The van der Waals surface area contributed by atoms with E-state index in [0.29, 0.717) is 0 Å². The molecule has 1 fully saturated rings. The molecule has 3 unspecified atom stereocenters. The van der Waals surface area contributed by atoms with Gasteiger partial charge in [-0.05, 0) is 19.8 Å². The molecule has 0 amide bonds. The van der Waals surface area contributed by atoms with Crippen LogP contribution in [-0.4, -0.2) is 45.4 Å². The standard InChI is InChI=1S/C9H15NO5/c1-4(11)2-6-5(8(12)13)3-7(10-6)9(14)15/h4-7,10-11H,2-3H2,1H3,(H,12,13)(H,14,15)/t4?,5?,6?,7-/m0/s1. The van der Waals surface area contributed by atoms with Crippen molar-refractivity contribution in [3.8, 4) is 0 Å². The van der Waals surface area contributed by atoms with Crippen molar-refractivity contribution in [1.29, 1.82) is 0 Å². The Hall–Kier alpha value is -1.14. The van der Waals surface area contributed by atoms with Gasteiger partial charge >= 0.3 is 11.9 Å². The predicted molar refractivity (Wildman–Crippen MR) is 50.4 cm³/mol. The largest absolute Gasteiger partial charge is 0.481 e. The number of hydrogen-bond donors (Lipinski definition) is 4. The molecule has 0 saturated carbocycles. The minimum absolute atomic E-state index is 0.0715. The van der Waals surface area contributed by atoms with E-state index in [4.69, 9.17) is 15.3 Å². The van der Waals surface area contributed by atoms with Crippen molar-refractivity contribution in [3.63, 3.8) is 0 Å². The van der Waals surface area contributed by atoms with Crippen molar-refractivity contribution in [3.05, 3.63) is 0 Å². The van der Waals surface area contributed by atoms with Crippen molar-refractivity contribution < 1.29 is 24.9 Å². The maximum atomic E-state index is 10.8. The quantitative estimate of drug-likeness (QED) is 0.494. The lowest BCUT2D eigenvalue weighted by Gasteiger charge is -2.17. The molecule has 1 heterocycles. The first-order valence-electron chi connectivity index (χ1n) is 4.81. The zero-order valence-corrected chi connectivity index (χ0v) is 8.38. The number of aliphatic hydroxyl groups is 1. The molecule has 4 N–H and O–H groups in total. The molecule has 1 aliphatic heterocycles. The van der Waals surface area contributed by atoms with Gasteiger partial charge in [0.25, 0.3) is 0 Å². The lowest BCUT2D eigenvalue weighted by molar-refractivity contribution is -0.142. The molecule has 15 heavy (non-hydrogen) atoms. The van der Waals surface area contributed by atoms with Crippen LogP contribution < -0.4 is 5.32 Å². The van der Waals surface area contributed by atoms with Gasteiger partial charge in [0, 0.05) is 6.04 Å². The van der Waals surface area contributed by atoms with Crippen LogP contribution in [0.4, 0.5) is 0 Å². The molecule has 0 aromatic heterocycles. The van der Waals surface area contributed by atoms with E-state index < -0.39 is 36.0 Å². The van der Waals surface area contributed by atoms with Crippen LogP contribution in [0.5, 0.6) is 0 Å². The van der Waals surface area contributed by atoms with Crippen molar-refractivity contribution in [2.24, 2.45) is 5.92 Å². The molecular formula is C9H15NO5. The highest BCUT2D eigenvalue weighted by molar-refractivity contribution is 5.78. The van der Waals surface area contributed by atoms with Crippen LogP contribution in [0.3, 0.4) is 0 Å². The highest BCUT2D eigenvalue weighted by Gasteiger charge is 2.41. The zero-order valence-electron chi connectivity index (χ0n) is 8.38. The van der Waals surface area contributed by atoms with E-state index in [1.807, 2.05) is 0 Å². The first-order valence-corrected chi connectivity index (χ1v) is 4.81. The maximum Gasteiger partial charge on any atom is 0.320 e. The highest BCUT2D eigenvalue weighted by atomic mass is 16.4. The minimum atomic E-state index is -1.05. The Balaban J connectivity index is 2.67. The van der Waals surface area contributed by atoms with Gasteiger partial charge in [-0.25, -0.2) is 0 Å². The average Bonchev–Trinajstić information content (AvgIpc) is 2.46. The molecule has 0 aromatic carbocycles. The molecule has 0 aliphatic carbocycles. The smallest absolute Gasteiger partial charge is 0.320 e. The van der Waals surface area contributed by atoms with Crippen LogP contribution in [0.15, 0.2) is 0 Å². The van der Waals surface area contributed by atoms with Crippen LogP contribution in [-0.2, 0) is 9.59 Å². The fraction of sp³-hybridized carbons (Fsp3) is 0.778. The van der Waals surface area contributed by atoms with Crippen LogP contribution >= 0.6 is 0 Å². The van der Waals surface area contributed by atoms with Gasteiger partial charge in [-0.2, -0.15) is 0 Å². The summed E-state index contributed by atoms with van der Waals surface area (Å²) in [5.41, 5.74) is 0. The molecule has 1 rings (SSSR count). The average molecular weight is 217 g/mol. The molecule has 0 radical (unpaired) electrons. The van der Waals surface area contributed by atoms with E-state index in [1.165, 1.54) is 0 Å². The summed E-state index contributed by atoms with van der Waals surface area (Å²) in [6, 6.07) is -1.29. The van der Waals surface area contributed by atoms with Gasteiger partial charge in [0.15, 0.2) is 0 Å². The summed E-state index contributed by atoms with van der Waals surface area (Å²) in [4.78, 5) is 21.5. The van der Waals surface area contributed by atoms with Gasteiger partial charge in [0.2, 0.25) is 0 Å². The SMILES string of the molecule is CC(O)CC1N[C@H](C(=O)O)CC1C(=O)O. The van der Waals surface area contributed by atoms with E-state index in [9.17, 15) is 9.59 Å². The Morgan fingerprint density at radius 2 is 2.00 bits per heavy atom. The summed E-state index contributed by atoms with van der Waals surface area (Å²) >= 11 is 0. The normalized spacial score (nSPS) is 32.5. The van der Waals surface area contributed by atoms with E-state index in [2.05, 4.69) is 5.32 Å². The third kappa shape index (κ3) is 2.90. The number of carbonyl (C=O) groups is 2.